The van der Waals surface area contributed by atoms with Crippen LogP contribution in [0.2, 0.25) is 0 Å². The van der Waals surface area contributed by atoms with Gasteiger partial charge in [0, 0.05) is 4.53 Å². The molecule has 0 aliphatic heterocycles. The van der Waals surface area contributed by atoms with Crippen molar-refractivity contribution in [1.29, 1.82) is 0 Å². The summed E-state index contributed by atoms with van der Waals surface area (Å²) < 4.78 is 14.9. The number of likely N-dealkylation sites (N-methyl/N-ethyl adjacent to an activating group) is 1. The van der Waals surface area contributed by atoms with Crippen LogP contribution in [0.5, 0.6) is 0 Å². The van der Waals surface area contributed by atoms with Crippen LogP contribution in [-0.2, 0) is 19.3 Å². The van der Waals surface area contributed by atoms with Gasteiger partial charge in [0.2, 0.25) is 0 Å². The van der Waals surface area contributed by atoms with Gasteiger partial charge >= 0.3 is 12.4 Å². The average Bonchev–Trinajstić information content (AvgIpc) is 1.99. The average molecular weight is 223 g/mol. The molecular weight excluding hydrogens is 205 g/mol. The Kier molecular flexibility index (Phi) is 8.85. The molecule has 0 aromatic rings. The molecule has 0 unspecified atom stereocenters. The number of nitrogens with zero attached hydrogens (tertiary/aromatic N) is 1. The minimum absolute atomic E-state index is 0.178. The van der Waals surface area contributed by atoms with Crippen LogP contribution in [0.1, 0.15) is 20.8 Å². The summed E-state index contributed by atoms with van der Waals surface area (Å²) in [5.74, 6) is -0.178. The fraction of sp³-hybridized carbons (Fsp3) is 0.778. The van der Waals surface area contributed by atoms with Crippen LogP contribution in [0.15, 0.2) is 0 Å². The summed E-state index contributed by atoms with van der Waals surface area (Å²) in [5.41, 5.74) is -0.368. The van der Waals surface area contributed by atoms with Gasteiger partial charge in [-0.1, -0.05) is 0 Å². The largest absolute Gasteiger partial charge is 0.459 e. The number of carbonyl (C=O) groups is 2. The van der Waals surface area contributed by atoms with Crippen molar-refractivity contribution < 1.29 is 23.8 Å². The lowest BCUT2D eigenvalue weighted by atomic mass is 10.2. The number of hydrogen-bond acceptors (Lipinski definition) is 5. The molecule has 5 nitrogen and oxygen atoms in total. The molecule has 0 fully saturated rings. The summed E-state index contributed by atoms with van der Waals surface area (Å²) >= 11 is 0. The zero-order valence-corrected chi connectivity index (χ0v) is 9.74. The van der Waals surface area contributed by atoms with Crippen molar-refractivity contribution in [1.82, 2.24) is 4.90 Å². The molecule has 0 amide bonds. The minimum atomic E-state index is -0.368. The Balaban J connectivity index is 0. The molecule has 0 radical (unpaired) electrons. The lowest BCUT2D eigenvalue weighted by Crippen LogP contribution is -2.30. The molecule has 0 saturated carbocycles. The van der Waals surface area contributed by atoms with Crippen molar-refractivity contribution in [3.05, 3.63) is 0 Å². The fourth-order valence-corrected chi connectivity index (χ4v) is 0.632. The van der Waals surface area contributed by atoms with Crippen molar-refractivity contribution in [2.24, 2.45) is 0 Å². The van der Waals surface area contributed by atoms with Gasteiger partial charge in [0.15, 0.2) is 0 Å². The van der Waals surface area contributed by atoms with Gasteiger partial charge in [-0.2, -0.15) is 0 Å². The second-order valence-corrected chi connectivity index (χ2v) is 4.01. The number of rotatable bonds is 3. The molecule has 90 valence electrons. The van der Waals surface area contributed by atoms with E-state index in [-0.39, 0.29) is 18.0 Å². The van der Waals surface area contributed by atoms with E-state index in [9.17, 15) is 9.32 Å². The van der Waals surface area contributed by atoms with Crippen molar-refractivity contribution in [3.63, 3.8) is 0 Å². The Bertz CT molecular complexity index is 189. The Morgan fingerprint density at radius 1 is 1.40 bits per heavy atom. The van der Waals surface area contributed by atoms with Gasteiger partial charge in [-0.3, -0.25) is 19.4 Å². The molecule has 0 rings (SSSR count). The normalized spacial score (nSPS) is 10.1. The molecule has 0 atom stereocenters. The Morgan fingerprint density at radius 3 is 2.00 bits per heavy atom. The zero-order valence-electron chi connectivity index (χ0n) is 9.74. The third-order valence-corrected chi connectivity index (χ3v) is 0.902. The van der Waals surface area contributed by atoms with Crippen LogP contribution in [0, 0.1) is 0 Å². The first-order valence-electron chi connectivity index (χ1n) is 4.30. The molecule has 0 aromatic carbocycles. The highest BCUT2D eigenvalue weighted by Crippen LogP contribution is 2.06. The van der Waals surface area contributed by atoms with Gasteiger partial charge in [-0.15, -0.1) is 0 Å². The van der Waals surface area contributed by atoms with Crippen LogP contribution in [0.3, 0.4) is 0 Å². The molecule has 0 aromatic heterocycles. The predicted molar refractivity (Wildman–Crippen MR) is 52.7 cm³/mol. The SMILES string of the molecule is CN(C)CC(=O)OC(C)(C)C.O=COF. The van der Waals surface area contributed by atoms with Crippen LogP contribution in [-0.4, -0.2) is 43.6 Å². The second kappa shape index (κ2) is 8.16. The minimum Gasteiger partial charge on any atom is -0.459 e. The maximum atomic E-state index is 11.0. The summed E-state index contributed by atoms with van der Waals surface area (Å²) in [5, 5.41) is 0. The van der Waals surface area contributed by atoms with Gasteiger partial charge in [0.25, 0.3) is 0 Å². The fourth-order valence-electron chi connectivity index (χ4n) is 0.632. The first kappa shape index (κ1) is 16.3. The van der Waals surface area contributed by atoms with E-state index in [1.54, 1.807) is 4.90 Å². The molecule has 15 heavy (non-hydrogen) atoms. The van der Waals surface area contributed by atoms with Gasteiger partial charge in [-0.25, -0.2) is 0 Å². The lowest BCUT2D eigenvalue weighted by molar-refractivity contribution is -0.165. The molecule has 0 bridgehead atoms. The molecule has 6 heteroatoms. The topological polar surface area (TPSA) is 55.8 Å². The van der Waals surface area contributed by atoms with E-state index in [0.29, 0.717) is 6.54 Å². The number of carbonyl (C=O) groups excluding carboxylic acids is 2. The highest BCUT2D eigenvalue weighted by Gasteiger charge is 2.15. The number of ether oxygens (including phenoxy) is 1. The molecule has 0 heterocycles. The van der Waals surface area contributed by atoms with Gasteiger partial charge in [-0.05, 0) is 34.9 Å². The van der Waals surface area contributed by atoms with Gasteiger partial charge < -0.3 is 4.74 Å². The maximum absolute atomic E-state index is 11.0. The quantitative estimate of drug-likeness (QED) is 0.526. The van der Waals surface area contributed by atoms with E-state index in [2.05, 4.69) is 4.94 Å². The zero-order chi connectivity index (χ0) is 12.5. The first-order valence-corrected chi connectivity index (χ1v) is 4.30. The second-order valence-electron chi connectivity index (χ2n) is 4.01. The van der Waals surface area contributed by atoms with Crippen LogP contribution in [0.25, 0.3) is 0 Å². The van der Waals surface area contributed by atoms with E-state index in [4.69, 9.17) is 9.53 Å². The van der Waals surface area contributed by atoms with Crippen LogP contribution >= 0.6 is 0 Å². The standard InChI is InChI=1S/C8H17NO2.CHFO2/c1-8(2,3)11-7(10)6-9(4)5;2-4-1-3/h6H2,1-5H3;1H. The highest BCUT2D eigenvalue weighted by atomic mass is 19.3. The molecule has 0 saturated heterocycles. The van der Waals surface area contributed by atoms with Crippen LogP contribution in [0.4, 0.5) is 4.53 Å². The Labute approximate surface area is 89.0 Å². The van der Waals surface area contributed by atoms with E-state index >= 15 is 0 Å². The number of halogens is 1. The summed E-state index contributed by atoms with van der Waals surface area (Å²) in [4.78, 5) is 23.7. The molecular formula is C9H18FNO4. The van der Waals surface area contributed by atoms with E-state index in [0.717, 1.165) is 0 Å². The molecule has 0 spiro atoms. The summed E-state index contributed by atoms with van der Waals surface area (Å²) in [7, 11) is 3.67. The van der Waals surface area contributed by atoms with Crippen molar-refractivity contribution >= 4 is 12.4 Å². The van der Waals surface area contributed by atoms with E-state index in [1.165, 1.54) is 0 Å². The maximum Gasteiger partial charge on any atom is 0.337 e. The molecule has 0 N–H and O–H groups in total. The summed E-state index contributed by atoms with van der Waals surface area (Å²) in [6.07, 6.45) is 0. The smallest absolute Gasteiger partial charge is 0.337 e. The van der Waals surface area contributed by atoms with E-state index in [1.807, 2.05) is 34.9 Å². The van der Waals surface area contributed by atoms with Gasteiger partial charge in [0.1, 0.15) is 5.60 Å². The van der Waals surface area contributed by atoms with Crippen LogP contribution < -0.4 is 0 Å². The van der Waals surface area contributed by atoms with E-state index < -0.39 is 0 Å². The highest BCUT2D eigenvalue weighted by molar-refractivity contribution is 5.72. The first-order chi connectivity index (χ1) is 6.72. The Hall–Kier alpha value is -1.17. The summed E-state index contributed by atoms with van der Waals surface area (Å²) in [6, 6.07) is 0. The van der Waals surface area contributed by atoms with Crippen molar-refractivity contribution in [2.45, 2.75) is 26.4 Å². The molecule has 0 aliphatic carbocycles. The third kappa shape index (κ3) is 19.3. The summed E-state index contributed by atoms with van der Waals surface area (Å²) in [6.45, 7) is 5.64. The lowest BCUT2D eigenvalue weighted by Gasteiger charge is -2.20. The van der Waals surface area contributed by atoms with Crippen molar-refractivity contribution in [3.8, 4) is 0 Å². The number of esters is 1. The monoisotopic (exact) mass is 223 g/mol. The molecule has 0 aliphatic rings. The predicted octanol–water partition coefficient (Wildman–Crippen LogP) is 0.934. The van der Waals surface area contributed by atoms with Crippen molar-refractivity contribution in [2.75, 3.05) is 20.6 Å². The Morgan fingerprint density at radius 2 is 1.80 bits per heavy atom. The number of hydrogen-bond donors (Lipinski definition) is 0. The third-order valence-electron chi connectivity index (χ3n) is 0.902. The van der Waals surface area contributed by atoms with Gasteiger partial charge in [0.05, 0.1) is 6.54 Å².